The van der Waals surface area contributed by atoms with Crippen molar-refractivity contribution in [3.63, 3.8) is 0 Å². The summed E-state index contributed by atoms with van der Waals surface area (Å²) in [6.07, 6.45) is 3.48. The first-order valence-electron chi connectivity index (χ1n) is 8.05. The number of nitrogens with zero attached hydrogens (tertiary/aromatic N) is 5. The molecule has 0 amide bonds. The molecule has 0 aliphatic carbocycles. The van der Waals surface area contributed by atoms with Gasteiger partial charge in [0.25, 0.3) is 0 Å². The van der Waals surface area contributed by atoms with E-state index in [0.717, 1.165) is 24.7 Å². The van der Waals surface area contributed by atoms with Gasteiger partial charge in [0.15, 0.2) is 0 Å². The highest BCUT2D eigenvalue weighted by molar-refractivity contribution is 5.50. The highest BCUT2D eigenvalue weighted by Crippen LogP contribution is 2.12. The molecular weight excluding hydrogens is 290 g/mol. The van der Waals surface area contributed by atoms with Crippen LogP contribution in [-0.2, 0) is 7.05 Å². The van der Waals surface area contributed by atoms with Crippen LogP contribution in [0, 0.1) is 0 Å². The lowest BCUT2D eigenvalue weighted by Crippen LogP contribution is -2.40. The first-order valence-corrected chi connectivity index (χ1v) is 8.05. The largest absolute Gasteiger partial charge is 0.369 e. The van der Waals surface area contributed by atoms with Crippen LogP contribution in [0.2, 0.25) is 0 Å². The molecule has 7 heteroatoms. The molecule has 23 heavy (non-hydrogen) atoms. The summed E-state index contributed by atoms with van der Waals surface area (Å²) in [4.78, 5) is 11.2. The molecule has 0 fully saturated rings. The van der Waals surface area contributed by atoms with Gasteiger partial charge in [-0.05, 0) is 33.8 Å². The topological polar surface area (TPSA) is 70.9 Å². The maximum atomic E-state index is 4.48. The Labute approximate surface area is 138 Å². The maximum absolute atomic E-state index is 4.48. The van der Waals surface area contributed by atoms with Crippen LogP contribution in [0.3, 0.4) is 0 Å². The zero-order valence-electron chi connectivity index (χ0n) is 14.6. The molecule has 0 aliphatic rings. The van der Waals surface area contributed by atoms with Gasteiger partial charge in [0.2, 0.25) is 5.95 Å². The quantitative estimate of drug-likeness (QED) is 0.779. The van der Waals surface area contributed by atoms with Crippen molar-refractivity contribution >= 4 is 17.6 Å². The highest BCUT2D eigenvalue weighted by Gasteiger charge is 2.12. The van der Waals surface area contributed by atoms with E-state index in [1.807, 2.05) is 19.2 Å². The molecule has 2 N–H and O–H groups in total. The van der Waals surface area contributed by atoms with Crippen LogP contribution >= 0.6 is 0 Å². The van der Waals surface area contributed by atoms with Crippen LogP contribution in [0.4, 0.5) is 17.6 Å². The molecule has 0 saturated carbocycles. The van der Waals surface area contributed by atoms with Crippen molar-refractivity contribution in [1.29, 1.82) is 0 Å². The number of anilines is 3. The van der Waals surface area contributed by atoms with Gasteiger partial charge < -0.3 is 10.6 Å². The van der Waals surface area contributed by atoms with Gasteiger partial charge in [-0.3, -0.25) is 9.58 Å². The lowest BCUT2D eigenvalue weighted by atomic mass is 10.2. The molecule has 2 aromatic rings. The van der Waals surface area contributed by atoms with Gasteiger partial charge in [0, 0.05) is 44.5 Å². The molecule has 126 valence electrons. The fraction of sp³-hybridized carbons (Fsp3) is 0.562. The van der Waals surface area contributed by atoms with E-state index in [4.69, 9.17) is 0 Å². The standard InChI is InChI=1S/C16H27N7/c1-12(2)23(13(3)4)11-10-17-14-6-8-18-16(20-14)21-15-7-9-19-22(15)5/h6-9,12-13H,10-11H2,1-5H3,(H2,17,18,20,21). The highest BCUT2D eigenvalue weighted by atomic mass is 15.3. The minimum atomic E-state index is 0.532. The van der Waals surface area contributed by atoms with E-state index in [9.17, 15) is 0 Å². The van der Waals surface area contributed by atoms with Gasteiger partial charge in [-0.2, -0.15) is 10.1 Å². The van der Waals surface area contributed by atoms with E-state index in [0.29, 0.717) is 18.0 Å². The molecule has 0 bridgehead atoms. The predicted molar refractivity (Wildman–Crippen MR) is 94.0 cm³/mol. The second-order valence-electron chi connectivity index (χ2n) is 6.08. The zero-order chi connectivity index (χ0) is 16.8. The van der Waals surface area contributed by atoms with Gasteiger partial charge in [-0.25, -0.2) is 4.98 Å². The van der Waals surface area contributed by atoms with Crippen molar-refractivity contribution in [2.75, 3.05) is 23.7 Å². The van der Waals surface area contributed by atoms with Gasteiger partial charge >= 0.3 is 0 Å². The summed E-state index contributed by atoms with van der Waals surface area (Å²) in [5.74, 6) is 2.23. The molecule has 0 aromatic carbocycles. The lowest BCUT2D eigenvalue weighted by Gasteiger charge is -2.30. The van der Waals surface area contributed by atoms with Crippen LogP contribution in [0.5, 0.6) is 0 Å². The summed E-state index contributed by atoms with van der Waals surface area (Å²) in [6, 6.07) is 4.82. The van der Waals surface area contributed by atoms with Crippen LogP contribution in [0.25, 0.3) is 0 Å². The van der Waals surface area contributed by atoms with Crippen molar-refractivity contribution in [1.82, 2.24) is 24.6 Å². The second kappa shape index (κ2) is 7.92. The van der Waals surface area contributed by atoms with Crippen molar-refractivity contribution in [2.45, 2.75) is 39.8 Å². The predicted octanol–water partition coefficient (Wildman–Crippen LogP) is 2.48. The monoisotopic (exact) mass is 317 g/mol. The summed E-state index contributed by atoms with van der Waals surface area (Å²) in [5.41, 5.74) is 0. The number of nitrogens with one attached hydrogen (secondary N) is 2. The Morgan fingerprint density at radius 3 is 2.48 bits per heavy atom. The van der Waals surface area contributed by atoms with Crippen molar-refractivity contribution in [3.8, 4) is 0 Å². The molecule has 2 heterocycles. The molecule has 0 radical (unpaired) electrons. The lowest BCUT2D eigenvalue weighted by molar-refractivity contribution is 0.182. The molecule has 0 aliphatic heterocycles. The van der Waals surface area contributed by atoms with Gasteiger partial charge in [0.1, 0.15) is 11.6 Å². The Morgan fingerprint density at radius 2 is 1.87 bits per heavy atom. The minimum Gasteiger partial charge on any atom is -0.369 e. The Balaban J connectivity index is 1.91. The third-order valence-electron chi connectivity index (χ3n) is 3.72. The third kappa shape index (κ3) is 4.92. The van der Waals surface area contributed by atoms with Crippen molar-refractivity contribution in [3.05, 3.63) is 24.5 Å². The molecule has 0 atom stereocenters. The normalized spacial score (nSPS) is 11.5. The van der Waals surface area contributed by atoms with Crippen LogP contribution in [0.15, 0.2) is 24.5 Å². The van der Waals surface area contributed by atoms with E-state index in [-0.39, 0.29) is 0 Å². The molecule has 0 unspecified atom stereocenters. The van der Waals surface area contributed by atoms with Crippen LogP contribution in [0.1, 0.15) is 27.7 Å². The Morgan fingerprint density at radius 1 is 1.13 bits per heavy atom. The fourth-order valence-electron chi connectivity index (χ4n) is 2.55. The van der Waals surface area contributed by atoms with Gasteiger partial charge in [-0.1, -0.05) is 0 Å². The smallest absolute Gasteiger partial charge is 0.230 e. The van der Waals surface area contributed by atoms with E-state index < -0.39 is 0 Å². The van der Waals surface area contributed by atoms with Crippen LogP contribution < -0.4 is 10.6 Å². The average Bonchev–Trinajstić information content (AvgIpc) is 2.88. The number of hydrogen-bond acceptors (Lipinski definition) is 6. The average molecular weight is 317 g/mol. The molecule has 2 rings (SSSR count). The van der Waals surface area contributed by atoms with Crippen molar-refractivity contribution < 1.29 is 0 Å². The number of hydrogen-bond donors (Lipinski definition) is 2. The molecule has 0 saturated heterocycles. The van der Waals surface area contributed by atoms with Gasteiger partial charge in [0.05, 0.1) is 6.20 Å². The SMILES string of the molecule is CC(C)N(CCNc1ccnc(Nc2ccnn2C)n1)C(C)C. The van der Waals surface area contributed by atoms with Crippen molar-refractivity contribution in [2.24, 2.45) is 7.05 Å². The third-order valence-corrected chi connectivity index (χ3v) is 3.72. The Kier molecular flexibility index (Phi) is 5.92. The summed E-state index contributed by atoms with van der Waals surface area (Å²) in [5, 5.41) is 10.6. The summed E-state index contributed by atoms with van der Waals surface area (Å²) < 4.78 is 1.74. The minimum absolute atomic E-state index is 0.532. The molecule has 7 nitrogen and oxygen atoms in total. The summed E-state index contributed by atoms with van der Waals surface area (Å²) in [6.45, 7) is 10.7. The first-order chi connectivity index (χ1) is 11.0. The molecule has 0 spiro atoms. The number of aromatic nitrogens is 4. The van der Waals surface area contributed by atoms with Crippen LogP contribution in [-0.4, -0.2) is 49.8 Å². The fourth-order valence-corrected chi connectivity index (χ4v) is 2.55. The van der Waals surface area contributed by atoms with E-state index >= 15 is 0 Å². The number of rotatable bonds is 8. The van der Waals surface area contributed by atoms with Gasteiger partial charge in [-0.15, -0.1) is 0 Å². The molecule has 2 aromatic heterocycles. The first kappa shape index (κ1) is 17.2. The van der Waals surface area contributed by atoms with E-state index in [1.54, 1.807) is 17.1 Å². The zero-order valence-corrected chi connectivity index (χ0v) is 14.6. The maximum Gasteiger partial charge on any atom is 0.230 e. The van der Waals surface area contributed by atoms with E-state index in [1.165, 1.54) is 0 Å². The summed E-state index contributed by atoms with van der Waals surface area (Å²) >= 11 is 0. The summed E-state index contributed by atoms with van der Waals surface area (Å²) in [7, 11) is 1.87. The Hall–Kier alpha value is -2.15. The van der Waals surface area contributed by atoms with E-state index in [2.05, 4.69) is 58.3 Å². The second-order valence-corrected chi connectivity index (χ2v) is 6.08. The Bertz CT molecular complexity index is 598. The number of aryl methyl sites for hydroxylation is 1. The molecular formula is C16H27N7.